The summed E-state index contributed by atoms with van der Waals surface area (Å²) in [6.45, 7) is 11.5. The Balaban J connectivity index is 2.39. The van der Waals surface area contributed by atoms with E-state index in [1.165, 1.54) is 0 Å². The zero-order valence-electron chi connectivity index (χ0n) is 13.6. The molecule has 6 heteroatoms. The van der Waals surface area contributed by atoms with Crippen LogP contribution in [0.4, 0.5) is 4.79 Å². The predicted octanol–water partition coefficient (Wildman–Crippen LogP) is 1.47. The molecule has 0 radical (unpaired) electrons. The Hall–Kier alpha value is -1.30. The fraction of sp³-hybridized carbons (Fsp3) is 0.867. The molecule has 0 bridgehead atoms. The van der Waals surface area contributed by atoms with E-state index in [0.29, 0.717) is 19.1 Å². The molecular weight excluding hydrogens is 270 g/mol. The molecule has 2 amide bonds. The van der Waals surface area contributed by atoms with E-state index in [0.717, 1.165) is 19.5 Å². The first-order valence-electron chi connectivity index (χ1n) is 7.86. The fourth-order valence-corrected chi connectivity index (χ4v) is 2.54. The van der Waals surface area contributed by atoms with Crippen molar-refractivity contribution < 1.29 is 14.7 Å². The van der Waals surface area contributed by atoms with Gasteiger partial charge in [0.05, 0.1) is 5.92 Å². The largest absolute Gasteiger partial charge is 0.481 e. The van der Waals surface area contributed by atoms with Gasteiger partial charge in [-0.25, -0.2) is 4.79 Å². The summed E-state index contributed by atoms with van der Waals surface area (Å²) in [7, 11) is 0. The van der Waals surface area contributed by atoms with Gasteiger partial charge in [-0.1, -0.05) is 20.8 Å². The van der Waals surface area contributed by atoms with Crippen LogP contribution < -0.4 is 5.32 Å². The number of amides is 2. The van der Waals surface area contributed by atoms with Crippen LogP contribution in [-0.2, 0) is 4.79 Å². The van der Waals surface area contributed by atoms with E-state index in [9.17, 15) is 9.59 Å². The minimum Gasteiger partial charge on any atom is -0.481 e. The summed E-state index contributed by atoms with van der Waals surface area (Å²) in [5.41, 5.74) is 0. The number of aliphatic carboxylic acids is 1. The number of urea groups is 1. The molecule has 122 valence electrons. The smallest absolute Gasteiger partial charge is 0.317 e. The van der Waals surface area contributed by atoms with Gasteiger partial charge >= 0.3 is 12.0 Å². The number of hydrogen-bond acceptors (Lipinski definition) is 3. The highest BCUT2D eigenvalue weighted by Crippen LogP contribution is 2.11. The van der Waals surface area contributed by atoms with Crippen LogP contribution in [0, 0.1) is 11.8 Å². The Morgan fingerprint density at radius 2 is 1.71 bits per heavy atom. The number of carbonyl (C=O) groups excluding carboxylic acids is 1. The maximum atomic E-state index is 12.1. The molecule has 1 heterocycles. The zero-order chi connectivity index (χ0) is 16.0. The third kappa shape index (κ3) is 5.19. The summed E-state index contributed by atoms with van der Waals surface area (Å²) < 4.78 is 0. The normalized spacial score (nSPS) is 19.4. The first-order valence-corrected chi connectivity index (χ1v) is 7.86. The number of piperazine rings is 1. The van der Waals surface area contributed by atoms with Crippen LogP contribution in [0.2, 0.25) is 0 Å². The van der Waals surface area contributed by atoms with Gasteiger partial charge in [0.15, 0.2) is 0 Å². The molecule has 0 aromatic rings. The lowest BCUT2D eigenvalue weighted by Crippen LogP contribution is -2.54. The fourth-order valence-electron chi connectivity index (χ4n) is 2.54. The molecule has 1 saturated heterocycles. The summed E-state index contributed by atoms with van der Waals surface area (Å²) in [6, 6.07) is 0.401. The Morgan fingerprint density at radius 3 is 2.14 bits per heavy atom. The summed E-state index contributed by atoms with van der Waals surface area (Å²) in [5, 5.41) is 11.9. The molecule has 21 heavy (non-hydrogen) atoms. The monoisotopic (exact) mass is 299 g/mol. The third-order valence-electron chi connectivity index (χ3n) is 4.41. The third-order valence-corrected chi connectivity index (χ3v) is 4.41. The molecule has 6 nitrogen and oxygen atoms in total. The minimum absolute atomic E-state index is 0.00468. The average molecular weight is 299 g/mol. The van der Waals surface area contributed by atoms with E-state index >= 15 is 0 Å². The molecule has 2 N–H and O–H groups in total. The van der Waals surface area contributed by atoms with Gasteiger partial charge in [0.2, 0.25) is 0 Å². The van der Waals surface area contributed by atoms with Crippen molar-refractivity contribution in [1.82, 2.24) is 15.1 Å². The van der Waals surface area contributed by atoms with Crippen LogP contribution in [-0.4, -0.2) is 65.7 Å². The summed E-state index contributed by atoms with van der Waals surface area (Å²) in [4.78, 5) is 27.4. The van der Waals surface area contributed by atoms with Crippen LogP contribution in [0.15, 0.2) is 0 Å². The van der Waals surface area contributed by atoms with Crippen LogP contribution >= 0.6 is 0 Å². The van der Waals surface area contributed by atoms with Crippen molar-refractivity contribution in [3.05, 3.63) is 0 Å². The lowest BCUT2D eigenvalue weighted by atomic mass is 9.96. The van der Waals surface area contributed by atoms with Crippen LogP contribution in [0.3, 0.4) is 0 Å². The van der Waals surface area contributed by atoms with Gasteiger partial charge in [-0.05, 0) is 19.3 Å². The molecular formula is C15H29N3O3. The number of hydrogen-bond donors (Lipinski definition) is 2. The highest BCUT2D eigenvalue weighted by atomic mass is 16.4. The van der Waals surface area contributed by atoms with Crippen LogP contribution in [0.5, 0.6) is 0 Å². The quantitative estimate of drug-likeness (QED) is 0.779. The zero-order valence-corrected chi connectivity index (χ0v) is 13.6. The standard InChI is InChI=1S/C15H29N3O3/c1-5-12(4)17-6-8-18(9-7-17)15(21)16-10-13(11(2)3)14(19)20/h11-13H,5-10H2,1-4H3,(H,16,21)(H,19,20). The van der Waals surface area contributed by atoms with Gasteiger partial charge in [-0.15, -0.1) is 0 Å². The molecule has 0 saturated carbocycles. The first-order chi connectivity index (χ1) is 9.86. The van der Waals surface area contributed by atoms with Gasteiger partial charge in [0.1, 0.15) is 0 Å². The van der Waals surface area contributed by atoms with E-state index < -0.39 is 11.9 Å². The van der Waals surface area contributed by atoms with Crippen molar-refractivity contribution in [2.24, 2.45) is 11.8 Å². The molecule has 1 rings (SSSR count). The summed E-state index contributed by atoms with van der Waals surface area (Å²) in [5.74, 6) is -1.38. The first kappa shape index (κ1) is 17.8. The summed E-state index contributed by atoms with van der Waals surface area (Å²) in [6.07, 6.45) is 1.11. The Bertz CT molecular complexity index is 352. The highest BCUT2D eigenvalue weighted by Gasteiger charge is 2.26. The predicted molar refractivity (Wildman–Crippen MR) is 82.3 cm³/mol. The second kappa shape index (κ2) is 8.22. The van der Waals surface area contributed by atoms with E-state index in [1.807, 2.05) is 13.8 Å². The molecule has 1 aliphatic rings. The molecule has 0 aromatic heterocycles. The van der Waals surface area contributed by atoms with E-state index in [-0.39, 0.29) is 18.5 Å². The minimum atomic E-state index is -0.855. The van der Waals surface area contributed by atoms with E-state index in [1.54, 1.807) is 4.90 Å². The lowest BCUT2D eigenvalue weighted by molar-refractivity contribution is -0.142. The van der Waals surface area contributed by atoms with Crippen molar-refractivity contribution in [1.29, 1.82) is 0 Å². The number of nitrogens with zero attached hydrogens (tertiary/aromatic N) is 2. The molecule has 0 aromatic carbocycles. The van der Waals surface area contributed by atoms with Crippen molar-refractivity contribution in [3.63, 3.8) is 0 Å². The second-order valence-electron chi connectivity index (χ2n) is 6.16. The van der Waals surface area contributed by atoms with Crippen molar-refractivity contribution >= 4 is 12.0 Å². The van der Waals surface area contributed by atoms with E-state index in [2.05, 4.69) is 24.1 Å². The number of carboxylic acid groups (broad SMARTS) is 1. The molecule has 2 unspecified atom stereocenters. The van der Waals surface area contributed by atoms with Gasteiger partial charge in [-0.2, -0.15) is 0 Å². The van der Waals surface area contributed by atoms with Crippen molar-refractivity contribution in [2.45, 2.75) is 40.2 Å². The van der Waals surface area contributed by atoms with Crippen LogP contribution in [0.1, 0.15) is 34.1 Å². The number of carboxylic acids is 1. The maximum Gasteiger partial charge on any atom is 0.317 e. The summed E-state index contributed by atoms with van der Waals surface area (Å²) >= 11 is 0. The highest BCUT2D eigenvalue weighted by molar-refractivity contribution is 5.76. The molecule has 1 aliphatic heterocycles. The SMILES string of the molecule is CCC(C)N1CCN(C(=O)NCC(C(=O)O)C(C)C)CC1. The van der Waals surface area contributed by atoms with Gasteiger partial charge < -0.3 is 15.3 Å². The Morgan fingerprint density at radius 1 is 1.14 bits per heavy atom. The van der Waals surface area contributed by atoms with Crippen molar-refractivity contribution in [3.8, 4) is 0 Å². The van der Waals surface area contributed by atoms with Gasteiger partial charge in [0, 0.05) is 38.8 Å². The Kier molecular flexibility index (Phi) is 6.95. The van der Waals surface area contributed by atoms with Crippen LogP contribution in [0.25, 0.3) is 0 Å². The van der Waals surface area contributed by atoms with Gasteiger partial charge in [-0.3, -0.25) is 9.69 Å². The number of carbonyl (C=O) groups is 2. The average Bonchev–Trinajstić information content (AvgIpc) is 2.45. The maximum absolute atomic E-state index is 12.1. The topological polar surface area (TPSA) is 72.9 Å². The molecule has 0 spiro atoms. The molecule has 2 atom stereocenters. The Labute approximate surface area is 127 Å². The van der Waals surface area contributed by atoms with Gasteiger partial charge in [0.25, 0.3) is 0 Å². The van der Waals surface area contributed by atoms with E-state index in [4.69, 9.17) is 5.11 Å². The van der Waals surface area contributed by atoms with Crippen molar-refractivity contribution in [2.75, 3.05) is 32.7 Å². The molecule has 1 fully saturated rings. The second-order valence-corrected chi connectivity index (χ2v) is 6.16. The lowest BCUT2D eigenvalue weighted by Gasteiger charge is -2.37. The number of rotatable bonds is 6. The molecule has 0 aliphatic carbocycles. The number of nitrogens with one attached hydrogen (secondary N) is 1.